The molecule has 1 atom stereocenters. The van der Waals surface area contributed by atoms with Gasteiger partial charge in [-0.3, -0.25) is 4.98 Å². The maximum absolute atomic E-state index is 10.5. The summed E-state index contributed by atoms with van der Waals surface area (Å²) in [7, 11) is 0. The first kappa shape index (κ1) is 12.3. The van der Waals surface area contributed by atoms with Gasteiger partial charge in [-0.2, -0.15) is 0 Å². The van der Waals surface area contributed by atoms with Crippen LogP contribution in [0, 0.1) is 0 Å². The predicted molar refractivity (Wildman–Crippen MR) is 71.7 cm³/mol. The first-order valence-corrected chi connectivity index (χ1v) is 6.24. The van der Waals surface area contributed by atoms with Crippen LogP contribution < -0.4 is 0 Å². The lowest BCUT2D eigenvalue weighted by molar-refractivity contribution is 0.0576. The molecule has 0 spiro atoms. The molecule has 0 aliphatic heterocycles. The molecule has 0 saturated heterocycles. The van der Waals surface area contributed by atoms with Crippen LogP contribution in [-0.2, 0) is 12.0 Å². The molecule has 88 valence electrons. The Balaban J connectivity index is 2.21. The van der Waals surface area contributed by atoms with E-state index in [-0.39, 0.29) is 0 Å². The number of hydrogen-bond donors (Lipinski definition) is 1. The number of hydrogen-bond acceptors (Lipinski definition) is 2. The Morgan fingerprint density at radius 2 is 1.71 bits per heavy atom. The Bertz CT molecular complexity index is 479. The molecule has 2 aromatic rings. The third kappa shape index (κ3) is 3.14. The van der Waals surface area contributed by atoms with Crippen molar-refractivity contribution in [3.05, 3.63) is 64.4 Å². The number of pyridine rings is 1. The third-order valence-corrected chi connectivity index (χ3v) is 3.29. The monoisotopic (exact) mass is 291 g/mol. The molecule has 17 heavy (non-hydrogen) atoms. The summed E-state index contributed by atoms with van der Waals surface area (Å²) >= 11 is 3.39. The van der Waals surface area contributed by atoms with E-state index in [1.807, 2.05) is 43.3 Å². The summed E-state index contributed by atoms with van der Waals surface area (Å²) < 4.78 is 1.01. The number of aromatic nitrogens is 1. The standard InChI is InChI=1S/C14H14BrNO/c1-14(17,10-11-6-8-16-9-7-11)12-2-4-13(15)5-3-12/h2-9,17H,10H2,1H3. The fourth-order valence-electron chi connectivity index (χ4n) is 1.81. The number of halogens is 1. The molecule has 1 N–H and O–H groups in total. The number of rotatable bonds is 3. The van der Waals surface area contributed by atoms with Gasteiger partial charge in [0.25, 0.3) is 0 Å². The first-order chi connectivity index (χ1) is 8.08. The quantitative estimate of drug-likeness (QED) is 0.941. The second kappa shape index (κ2) is 4.98. The number of benzene rings is 1. The minimum Gasteiger partial charge on any atom is -0.385 e. The van der Waals surface area contributed by atoms with Gasteiger partial charge in [0.15, 0.2) is 0 Å². The molecular weight excluding hydrogens is 278 g/mol. The Labute approximate surface area is 109 Å². The molecule has 1 aromatic heterocycles. The van der Waals surface area contributed by atoms with E-state index in [0.29, 0.717) is 6.42 Å². The highest BCUT2D eigenvalue weighted by Crippen LogP contribution is 2.26. The zero-order chi connectivity index (χ0) is 12.3. The lowest BCUT2D eigenvalue weighted by Crippen LogP contribution is -2.24. The SMILES string of the molecule is CC(O)(Cc1ccncc1)c1ccc(Br)cc1. The zero-order valence-electron chi connectivity index (χ0n) is 9.60. The van der Waals surface area contributed by atoms with E-state index in [4.69, 9.17) is 0 Å². The fourth-order valence-corrected chi connectivity index (χ4v) is 2.07. The molecule has 1 unspecified atom stereocenters. The highest BCUT2D eigenvalue weighted by molar-refractivity contribution is 9.10. The molecule has 3 heteroatoms. The van der Waals surface area contributed by atoms with Crippen LogP contribution in [0.2, 0.25) is 0 Å². The maximum Gasteiger partial charge on any atom is 0.0908 e. The summed E-state index contributed by atoms with van der Waals surface area (Å²) in [5, 5.41) is 10.5. The van der Waals surface area contributed by atoms with Crippen LogP contribution in [-0.4, -0.2) is 10.1 Å². The summed E-state index contributed by atoms with van der Waals surface area (Å²) in [5.41, 5.74) is 1.13. The first-order valence-electron chi connectivity index (χ1n) is 5.45. The zero-order valence-corrected chi connectivity index (χ0v) is 11.2. The van der Waals surface area contributed by atoms with Crippen LogP contribution in [0.4, 0.5) is 0 Å². The Morgan fingerprint density at radius 3 is 2.29 bits per heavy atom. The van der Waals surface area contributed by atoms with E-state index in [1.165, 1.54) is 0 Å². The Kier molecular flexibility index (Phi) is 3.60. The summed E-state index contributed by atoms with van der Waals surface area (Å²) in [6, 6.07) is 11.6. The van der Waals surface area contributed by atoms with Crippen molar-refractivity contribution in [1.82, 2.24) is 4.98 Å². The lowest BCUT2D eigenvalue weighted by Gasteiger charge is -2.24. The van der Waals surface area contributed by atoms with Gasteiger partial charge >= 0.3 is 0 Å². The molecule has 2 rings (SSSR count). The van der Waals surface area contributed by atoms with E-state index in [9.17, 15) is 5.11 Å². The van der Waals surface area contributed by atoms with E-state index < -0.39 is 5.60 Å². The van der Waals surface area contributed by atoms with E-state index in [2.05, 4.69) is 20.9 Å². The van der Waals surface area contributed by atoms with Crippen molar-refractivity contribution in [3.63, 3.8) is 0 Å². The van der Waals surface area contributed by atoms with Gasteiger partial charge in [-0.15, -0.1) is 0 Å². The topological polar surface area (TPSA) is 33.1 Å². The average molecular weight is 292 g/mol. The van der Waals surface area contributed by atoms with E-state index in [1.54, 1.807) is 12.4 Å². The minimum atomic E-state index is -0.859. The molecule has 1 aromatic carbocycles. The molecule has 0 fully saturated rings. The Hall–Kier alpha value is -1.19. The van der Waals surface area contributed by atoms with Crippen molar-refractivity contribution < 1.29 is 5.11 Å². The number of aliphatic hydroxyl groups is 1. The van der Waals surface area contributed by atoms with Gasteiger partial charge in [0.1, 0.15) is 0 Å². The summed E-state index contributed by atoms with van der Waals surface area (Å²) in [6.07, 6.45) is 4.07. The summed E-state index contributed by atoms with van der Waals surface area (Å²) in [6.45, 7) is 1.83. The molecule has 0 saturated carbocycles. The van der Waals surface area contributed by atoms with Crippen molar-refractivity contribution in [3.8, 4) is 0 Å². The van der Waals surface area contributed by atoms with Crippen molar-refractivity contribution in [2.75, 3.05) is 0 Å². The van der Waals surface area contributed by atoms with Gasteiger partial charge in [0, 0.05) is 23.3 Å². The molecule has 0 radical (unpaired) electrons. The molecule has 1 heterocycles. The van der Waals surface area contributed by atoms with Crippen LogP contribution in [0.15, 0.2) is 53.3 Å². The van der Waals surface area contributed by atoms with Gasteiger partial charge < -0.3 is 5.11 Å². The molecule has 0 bridgehead atoms. The van der Waals surface area contributed by atoms with Crippen LogP contribution in [0.3, 0.4) is 0 Å². The van der Waals surface area contributed by atoms with Crippen LogP contribution in [0.5, 0.6) is 0 Å². The Morgan fingerprint density at radius 1 is 1.12 bits per heavy atom. The molecule has 0 amide bonds. The van der Waals surface area contributed by atoms with Gasteiger partial charge in [0.05, 0.1) is 5.60 Å². The van der Waals surface area contributed by atoms with E-state index >= 15 is 0 Å². The van der Waals surface area contributed by atoms with Crippen molar-refractivity contribution in [2.45, 2.75) is 18.9 Å². The van der Waals surface area contributed by atoms with Gasteiger partial charge in [-0.05, 0) is 42.3 Å². The third-order valence-electron chi connectivity index (χ3n) is 2.76. The second-order valence-electron chi connectivity index (χ2n) is 4.31. The normalized spacial score (nSPS) is 14.3. The van der Waals surface area contributed by atoms with Crippen LogP contribution in [0.25, 0.3) is 0 Å². The molecule has 2 nitrogen and oxygen atoms in total. The lowest BCUT2D eigenvalue weighted by atomic mass is 9.89. The van der Waals surface area contributed by atoms with Crippen molar-refractivity contribution in [2.24, 2.45) is 0 Å². The molecular formula is C14H14BrNO. The predicted octanol–water partition coefficient (Wildman–Crippen LogP) is 3.29. The minimum absolute atomic E-state index is 0.581. The second-order valence-corrected chi connectivity index (χ2v) is 5.23. The maximum atomic E-state index is 10.5. The van der Waals surface area contributed by atoms with E-state index in [0.717, 1.165) is 15.6 Å². The molecule has 0 aliphatic carbocycles. The highest BCUT2D eigenvalue weighted by atomic mass is 79.9. The van der Waals surface area contributed by atoms with Gasteiger partial charge in [-0.25, -0.2) is 0 Å². The van der Waals surface area contributed by atoms with Crippen LogP contribution >= 0.6 is 15.9 Å². The highest BCUT2D eigenvalue weighted by Gasteiger charge is 2.23. The fraction of sp³-hybridized carbons (Fsp3) is 0.214. The molecule has 0 aliphatic rings. The average Bonchev–Trinajstić information content (AvgIpc) is 2.30. The van der Waals surface area contributed by atoms with Crippen molar-refractivity contribution >= 4 is 15.9 Å². The van der Waals surface area contributed by atoms with Gasteiger partial charge in [0.2, 0.25) is 0 Å². The van der Waals surface area contributed by atoms with Crippen molar-refractivity contribution in [1.29, 1.82) is 0 Å². The van der Waals surface area contributed by atoms with Gasteiger partial charge in [-0.1, -0.05) is 28.1 Å². The smallest absolute Gasteiger partial charge is 0.0908 e. The largest absolute Gasteiger partial charge is 0.385 e. The number of nitrogens with zero attached hydrogens (tertiary/aromatic N) is 1. The summed E-state index contributed by atoms with van der Waals surface area (Å²) in [4.78, 5) is 3.97. The van der Waals surface area contributed by atoms with Crippen LogP contribution in [0.1, 0.15) is 18.1 Å². The summed E-state index contributed by atoms with van der Waals surface area (Å²) in [5.74, 6) is 0.